The van der Waals surface area contributed by atoms with Crippen LogP contribution in [-0.2, 0) is 0 Å². The number of hydrogen-bond donors (Lipinski definition) is 1. The summed E-state index contributed by atoms with van der Waals surface area (Å²) in [6, 6.07) is 8.50. The van der Waals surface area contributed by atoms with Gasteiger partial charge < -0.3 is 14.8 Å². The third kappa shape index (κ3) is 4.75. The van der Waals surface area contributed by atoms with Crippen molar-refractivity contribution in [1.82, 2.24) is 9.97 Å². The summed E-state index contributed by atoms with van der Waals surface area (Å²) in [5, 5.41) is 3.55. The summed E-state index contributed by atoms with van der Waals surface area (Å²) in [4.78, 5) is 9.23. The lowest BCUT2D eigenvalue weighted by Gasteiger charge is -2.18. The first-order chi connectivity index (χ1) is 13.8. The van der Waals surface area contributed by atoms with Crippen LogP contribution in [0.1, 0.15) is 64.2 Å². The molecule has 2 aliphatic rings. The highest BCUT2D eigenvalue weighted by atomic mass is 16.5. The lowest BCUT2D eigenvalue weighted by atomic mass is 10.1. The highest BCUT2D eigenvalue weighted by molar-refractivity contribution is 5.64. The maximum absolute atomic E-state index is 6.24. The zero-order chi connectivity index (χ0) is 19.2. The zero-order valence-corrected chi connectivity index (χ0v) is 16.8. The molecule has 0 amide bonds. The van der Waals surface area contributed by atoms with Gasteiger partial charge in [0.05, 0.1) is 18.9 Å². The number of aromatic nitrogens is 2. The number of anilines is 1. The van der Waals surface area contributed by atoms with E-state index in [9.17, 15) is 0 Å². The molecule has 1 aromatic heterocycles. The van der Waals surface area contributed by atoms with Crippen LogP contribution in [-0.4, -0.2) is 29.2 Å². The molecule has 1 aromatic carbocycles. The second-order valence-electron chi connectivity index (χ2n) is 7.99. The minimum Gasteiger partial charge on any atom is -0.493 e. The van der Waals surface area contributed by atoms with Crippen molar-refractivity contribution in [2.24, 2.45) is 0 Å². The van der Waals surface area contributed by atoms with E-state index in [0.29, 0.717) is 12.1 Å². The molecule has 2 saturated carbocycles. The Morgan fingerprint density at radius 2 is 1.64 bits per heavy atom. The predicted molar refractivity (Wildman–Crippen MR) is 112 cm³/mol. The number of rotatable bonds is 6. The fourth-order valence-corrected chi connectivity index (χ4v) is 4.31. The van der Waals surface area contributed by atoms with Crippen molar-refractivity contribution in [2.45, 2.75) is 76.4 Å². The van der Waals surface area contributed by atoms with E-state index < -0.39 is 0 Å². The lowest BCUT2D eigenvalue weighted by Crippen LogP contribution is -2.19. The molecule has 0 saturated heterocycles. The van der Waals surface area contributed by atoms with Crippen LogP contribution in [0.15, 0.2) is 30.5 Å². The molecular formula is C23H31N3O2. The standard InChI is InChI=1S/C23H31N3O2/c1-27-21-13-12-17(16-22(21)28-19-10-6-7-11-19)20-14-15-24-23(26-20)25-18-8-4-2-3-5-9-18/h12-16,18-19H,2-11H2,1H3,(H,24,25,26). The lowest BCUT2D eigenvalue weighted by molar-refractivity contribution is 0.201. The SMILES string of the molecule is COc1ccc(-c2ccnc(NC3CCCCCC3)n2)cc1OC1CCCC1. The second kappa shape index (κ2) is 9.26. The summed E-state index contributed by atoms with van der Waals surface area (Å²) in [6.07, 6.45) is 14.5. The molecule has 0 unspecified atom stereocenters. The average Bonchev–Trinajstić information content (AvgIpc) is 3.10. The summed E-state index contributed by atoms with van der Waals surface area (Å²) in [6.45, 7) is 0. The van der Waals surface area contributed by atoms with Gasteiger partial charge in [-0.25, -0.2) is 9.97 Å². The summed E-state index contributed by atoms with van der Waals surface area (Å²) in [7, 11) is 1.69. The van der Waals surface area contributed by atoms with Crippen LogP contribution >= 0.6 is 0 Å². The Labute approximate surface area is 167 Å². The summed E-state index contributed by atoms with van der Waals surface area (Å²) >= 11 is 0. The van der Waals surface area contributed by atoms with E-state index in [1.165, 1.54) is 51.4 Å². The van der Waals surface area contributed by atoms with Gasteiger partial charge in [-0.3, -0.25) is 0 Å². The van der Waals surface area contributed by atoms with Crippen molar-refractivity contribution in [3.8, 4) is 22.8 Å². The van der Waals surface area contributed by atoms with Gasteiger partial charge >= 0.3 is 0 Å². The van der Waals surface area contributed by atoms with Crippen LogP contribution in [0.3, 0.4) is 0 Å². The molecule has 5 nitrogen and oxygen atoms in total. The maximum Gasteiger partial charge on any atom is 0.223 e. The monoisotopic (exact) mass is 381 g/mol. The maximum atomic E-state index is 6.24. The van der Waals surface area contributed by atoms with E-state index in [-0.39, 0.29) is 0 Å². The van der Waals surface area contributed by atoms with Gasteiger partial charge in [0.2, 0.25) is 5.95 Å². The minimum absolute atomic E-state index is 0.294. The van der Waals surface area contributed by atoms with E-state index in [0.717, 1.165) is 41.5 Å². The number of nitrogens with zero attached hydrogens (tertiary/aromatic N) is 2. The predicted octanol–water partition coefficient (Wildman–Crippen LogP) is 5.61. The van der Waals surface area contributed by atoms with Gasteiger partial charge in [0.15, 0.2) is 11.5 Å². The fourth-order valence-electron chi connectivity index (χ4n) is 4.31. The molecule has 5 heteroatoms. The topological polar surface area (TPSA) is 56.3 Å². The first kappa shape index (κ1) is 19.0. The van der Waals surface area contributed by atoms with Crippen LogP contribution in [0.2, 0.25) is 0 Å². The molecule has 2 fully saturated rings. The molecule has 0 aliphatic heterocycles. The molecule has 1 heterocycles. The highest BCUT2D eigenvalue weighted by Crippen LogP contribution is 2.35. The number of hydrogen-bond acceptors (Lipinski definition) is 5. The molecule has 1 N–H and O–H groups in total. The van der Waals surface area contributed by atoms with Gasteiger partial charge in [-0.2, -0.15) is 0 Å². The molecule has 150 valence electrons. The number of benzene rings is 1. The van der Waals surface area contributed by atoms with Gasteiger partial charge in [0.1, 0.15) is 0 Å². The first-order valence-electron chi connectivity index (χ1n) is 10.8. The van der Waals surface area contributed by atoms with E-state index in [4.69, 9.17) is 14.5 Å². The molecule has 0 spiro atoms. The Hall–Kier alpha value is -2.30. The number of methoxy groups -OCH3 is 1. The number of ether oxygens (including phenoxy) is 2. The van der Waals surface area contributed by atoms with Gasteiger partial charge in [-0.05, 0) is 62.8 Å². The van der Waals surface area contributed by atoms with Crippen molar-refractivity contribution >= 4 is 5.95 Å². The number of nitrogens with one attached hydrogen (secondary N) is 1. The van der Waals surface area contributed by atoms with Crippen molar-refractivity contribution in [3.05, 3.63) is 30.5 Å². The Kier molecular flexibility index (Phi) is 6.30. The van der Waals surface area contributed by atoms with Crippen LogP contribution in [0.4, 0.5) is 5.95 Å². The largest absolute Gasteiger partial charge is 0.493 e. The molecular weight excluding hydrogens is 350 g/mol. The summed E-state index contributed by atoms with van der Waals surface area (Å²) in [5.74, 6) is 2.31. The van der Waals surface area contributed by atoms with Crippen LogP contribution in [0.5, 0.6) is 11.5 Å². The van der Waals surface area contributed by atoms with E-state index in [1.807, 2.05) is 24.4 Å². The fraction of sp³-hybridized carbons (Fsp3) is 0.565. The van der Waals surface area contributed by atoms with Gasteiger partial charge in [-0.15, -0.1) is 0 Å². The minimum atomic E-state index is 0.294. The van der Waals surface area contributed by atoms with Crippen LogP contribution in [0, 0.1) is 0 Å². The average molecular weight is 382 g/mol. The molecule has 0 radical (unpaired) electrons. The normalized spacial score (nSPS) is 18.6. The van der Waals surface area contributed by atoms with Gasteiger partial charge in [0.25, 0.3) is 0 Å². The molecule has 28 heavy (non-hydrogen) atoms. The molecule has 0 atom stereocenters. The van der Waals surface area contributed by atoms with Crippen molar-refractivity contribution in [2.75, 3.05) is 12.4 Å². The van der Waals surface area contributed by atoms with Crippen LogP contribution < -0.4 is 14.8 Å². The van der Waals surface area contributed by atoms with Crippen molar-refractivity contribution < 1.29 is 9.47 Å². The Morgan fingerprint density at radius 3 is 2.39 bits per heavy atom. The Balaban J connectivity index is 1.52. The molecule has 2 aromatic rings. The van der Waals surface area contributed by atoms with Crippen molar-refractivity contribution in [3.63, 3.8) is 0 Å². The first-order valence-corrected chi connectivity index (χ1v) is 10.8. The molecule has 2 aliphatic carbocycles. The van der Waals surface area contributed by atoms with E-state index in [1.54, 1.807) is 7.11 Å². The third-order valence-electron chi connectivity index (χ3n) is 5.90. The van der Waals surface area contributed by atoms with Gasteiger partial charge in [0, 0.05) is 17.8 Å². The summed E-state index contributed by atoms with van der Waals surface area (Å²) in [5.41, 5.74) is 1.94. The smallest absolute Gasteiger partial charge is 0.223 e. The van der Waals surface area contributed by atoms with Crippen LogP contribution in [0.25, 0.3) is 11.3 Å². The Bertz CT molecular complexity index is 766. The second-order valence-corrected chi connectivity index (χ2v) is 7.99. The third-order valence-corrected chi connectivity index (χ3v) is 5.90. The quantitative estimate of drug-likeness (QED) is 0.659. The zero-order valence-electron chi connectivity index (χ0n) is 16.8. The van der Waals surface area contributed by atoms with Crippen molar-refractivity contribution in [1.29, 1.82) is 0 Å². The highest BCUT2D eigenvalue weighted by Gasteiger charge is 2.19. The molecule has 0 bridgehead atoms. The van der Waals surface area contributed by atoms with Gasteiger partial charge in [-0.1, -0.05) is 25.7 Å². The van der Waals surface area contributed by atoms with E-state index >= 15 is 0 Å². The molecule has 4 rings (SSSR count). The Morgan fingerprint density at radius 1 is 0.893 bits per heavy atom. The summed E-state index contributed by atoms with van der Waals surface area (Å²) < 4.78 is 11.8. The van der Waals surface area contributed by atoms with E-state index in [2.05, 4.69) is 16.4 Å².